The van der Waals surface area contributed by atoms with E-state index in [9.17, 15) is 4.79 Å². The first-order chi connectivity index (χ1) is 11.2. The molecule has 1 unspecified atom stereocenters. The van der Waals surface area contributed by atoms with E-state index in [0.29, 0.717) is 0 Å². The zero-order chi connectivity index (χ0) is 15.8. The Labute approximate surface area is 139 Å². The molecule has 2 aliphatic heterocycles. The van der Waals surface area contributed by atoms with Crippen molar-refractivity contribution in [2.75, 3.05) is 18.9 Å². The molecule has 0 aliphatic carbocycles. The van der Waals surface area contributed by atoms with Crippen molar-refractivity contribution in [3.8, 4) is 0 Å². The smallest absolute Gasteiger partial charge is 0.256 e. The van der Waals surface area contributed by atoms with Crippen LogP contribution < -0.4 is 15.5 Å². The minimum Gasteiger partial charge on any atom is -0.353 e. The fourth-order valence-electron chi connectivity index (χ4n) is 3.22. The number of rotatable bonds is 2. The third-order valence-corrected chi connectivity index (χ3v) is 5.60. The van der Waals surface area contributed by atoms with Crippen molar-refractivity contribution >= 4 is 28.3 Å². The summed E-state index contributed by atoms with van der Waals surface area (Å²) >= 11 is 1.74. The molecule has 3 heterocycles. The van der Waals surface area contributed by atoms with Crippen molar-refractivity contribution < 1.29 is 9.69 Å². The van der Waals surface area contributed by atoms with Gasteiger partial charge in [0, 0.05) is 6.42 Å². The highest BCUT2D eigenvalue weighted by Crippen LogP contribution is 2.36. The quantitative estimate of drug-likeness (QED) is 0.783. The molecule has 2 aromatic rings. The summed E-state index contributed by atoms with van der Waals surface area (Å²) in [6.45, 7) is 2.12. The average molecular weight is 326 g/mol. The summed E-state index contributed by atoms with van der Waals surface area (Å²) in [5.74, 6) is 0.0542. The van der Waals surface area contributed by atoms with E-state index in [1.807, 2.05) is 30.4 Å². The van der Waals surface area contributed by atoms with Gasteiger partial charge in [0.1, 0.15) is 17.7 Å². The summed E-state index contributed by atoms with van der Waals surface area (Å²) in [6.07, 6.45) is 4.88. The maximum Gasteiger partial charge on any atom is 0.256 e. The number of benzene rings is 1. The first kappa shape index (κ1) is 14.5. The molecule has 4 rings (SSSR count). The van der Waals surface area contributed by atoms with Gasteiger partial charge in [0.15, 0.2) is 0 Å². The minimum absolute atomic E-state index is 0.0542. The minimum atomic E-state index is -0.152. The van der Waals surface area contributed by atoms with Crippen molar-refractivity contribution in [1.82, 2.24) is 5.32 Å². The van der Waals surface area contributed by atoms with Crippen LogP contribution in [0.15, 0.2) is 36.4 Å². The molecule has 0 saturated carbocycles. The number of amides is 1. The van der Waals surface area contributed by atoms with Gasteiger partial charge in [-0.3, -0.25) is 4.79 Å². The fraction of sp³-hybridized carbons (Fsp3) is 0.278. The molecule has 4 nitrogen and oxygen atoms in total. The normalized spacial score (nSPS) is 23.1. The Bertz CT molecular complexity index is 766. The number of carbonyl (C=O) groups is 1. The van der Waals surface area contributed by atoms with Crippen LogP contribution in [0.5, 0.6) is 0 Å². The van der Waals surface area contributed by atoms with Crippen LogP contribution in [0.3, 0.4) is 0 Å². The standard InChI is InChI=1S/C18H19N3OS/c1-21-10-9-13-14(11-21)23-18-16(13)17(22)19-15(20-18)8-7-12-5-3-2-4-6-12/h2-8,15,20H,9-11H2,1H3,(H,19,22)/p+1/t15-/m1/s1. The summed E-state index contributed by atoms with van der Waals surface area (Å²) in [5.41, 5.74) is 3.26. The number of thiophene rings is 1. The maximum absolute atomic E-state index is 12.5. The molecular weight excluding hydrogens is 306 g/mol. The van der Waals surface area contributed by atoms with Crippen LogP contribution in [0.25, 0.3) is 6.08 Å². The Morgan fingerprint density at radius 2 is 2.09 bits per heavy atom. The Hall–Kier alpha value is -2.11. The lowest BCUT2D eigenvalue weighted by atomic mass is 10.0. The largest absolute Gasteiger partial charge is 0.353 e. The molecule has 0 saturated heterocycles. The number of hydrogen-bond donors (Lipinski definition) is 3. The van der Waals surface area contributed by atoms with Crippen molar-refractivity contribution in [3.63, 3.8) is 0 Å². The number of fused-ring (bicyclic) bond motifs is 3. The zero-order valence-electron chi connectivity index (χ0n) is 13.1. The third-order valence-electron chi connectivity index (χ3n) is 4.44. The number of anilines is 1. The summed E-state index contributed by atoms with van der Waals surface area (Å²) in [6, 6.07) is 10.1. The van der Waals surface area contributed by atoms with E-state index in [4.69, 9.17) is 0 Å². The monoisotopic (exact) mass is 326 g/mol. The fourth-order valence-corrected chi connectivity index (χ4v) is 4.62. The van der Waals surface area contributed by atoms with Gasteiger partial charge in [-0.25, -0.2) is 0 Å². The lowest BCUT2D eigenvalue weighted by Gasteiger charge is -2.24. The first-order valence-corrected chi connectivity index (χ1v) is 8.79. The highest BCUT2D eigenvalue weighted by molar-refractivity contribution is 7.16. The van der Waals surface area contributed by atoms with Crippen LogP contribution in [0.1, 0.15) is 26.4 Å². The molecule has 1 aromatic carbocycles. The van der Waals surface area contributed by atoms with E-state index in [-0.39, 0.29) is 12.1 Å². The van der Waals surface area contributed by atoms with E-state index >= 15 is 0 Å². The van der Waals surface area contributed by atoms with E-state index < -0.39 is 0 Å². The molecule has 0 fully saturated rings. The highest BCUT2D eigenvalue weighted by atomic mass is 32.1. The second-order valence-electron chi connectivity index (χ2n) is 6.21. The van der Waals surface area contributed by atoms with Crippen LogP contribution in [0.2, 0.25) is 0 Å². The summed E-state index contributed by atoms with van der Waals surface area (Å²) in [7, 11) is 2.21. The van der Waals surface area contributed by atoms with Gasteiger partial charge in [0.25, 0.3) is 5.91 Å². The molecule has 0 radical (unpaired) electrons. The second-order valence-corrected chi connectivity index (χ2v) is 7.31. The van der Waals surface area contributed by atoms with Crippen molar-refractivity contribution in [1.29, 1.82) is 0 Å². The van der Waals surface area contributed by atoms with E-state index in [1.165, 1.54) is 15.3 Å². The van der Waals surface area contributed by atoms with Crippen LogP contribution in [-0.4, -0.2) is 25.7 Å². The molecule has 0 bridgehead atoms. The van der Waals surface area contributed by atoms with Crippen LogP contribution in [-0.2, 0) is 13.0 Å². The van der Waals surface area contributed by atoms with Crippen molar-refractivity contribution in [3.05, 3.63) is 58.0 Å². The van der Waals surface area contributed by atoms with Crippen molar-refractivity contribution in [2.45, 2.75) is 19.1 Å². The highest BCUT2D eigenvalue weighted by Gasteiger charge is 2.32. The average Bonchev–Trinajstić information content (AvgIpc) is 2.91. The lowest BCUT2D eigenvalue weighted by molar-refractivity contribution is -0.895. The zero-order valence-corrected chi connectivity index (χ0v) is 13.9. The summed E-state index contributed by atoms with van der Waals surface area (Å²) in [4.78, 5) is 15.4. The Morgan fingerprint density at radius 3 is 2.91 bits per heavy atom. The van der Waals surface area contributed by atoms with Gasteiger partial charge in [0.2, 0.25) is 0 Å². The van der Waals surface area contributed by atoms with Gasteiger partial charge in [-0.15, -0.1) is 11.3 Å². The Kier molecular flexibility index (Phi) is 3.67. The Morgan fingerprint density at radius 1 is 1.26 bits per heavy atom. The number of nitrogens with one attached hydrogen (secondary N) is 3. The van der Waals surface area contributed by atoms with Gasteiger partial charge < -0.3 is 15.5 Å². The van der Waals surface area contributed by atoms with Crippen molar-refractivity contribution in [2.24, 2.45) is 0 Å². The molecular formula is C18H20N3OS+. The van der Waals surface area contributed by atoms with Gasteiger partial charge >= 0.3 is 0 Å². The molecule has 1 aromatic heterocycles. The van der Waals surface area contributed by atoms with E-state index in [2.05, 4.69) is 29.8 Å². The molecule has 23 heavy (non-hydrogen) atoms. The molecule has 5 heteroatoms. The SMILES string of the molecule is C[NH+]1CCc2c(sc3c2C(=O)N[C@@H](C=Cc2ccccc2)N3)C1. The predicted octanol–water partition coefficient (Wildman–Crippen LogP) is 1.51. The van der Waals surface area contributed by atoms with Crippen LogP contribution in [0, 0.1) is 0 Å². The van der Waals surface area contributed by atoms with Gasteiger partial charge in [-0.05, 0) is 17.2 Å². The Balaban J connectivity index is 1.58. The molecule has 0 spiro atoms. The first-order valence-electron chi connectivity index (χ1n) is 7.97. The van der Waals surface area contributed by atoms with E-state index in [1.54, 1.807) is 11.3 Å². The molecule has 118 valence electrons. The van der Waals surface area contributed by atoms with Gasteiger partial charge in [0.05, 0.1) is 24.0 Å². The van der Waals surface area contributed by atoms with Gasteiger partial charge in [-0.2, -0.15) is 0 Å². The molecule has 1 amide bonds. The van der Waals surface area contributed by atoms with Crippen LogP contribution >= 0.6 is 11.3 Å². The number of carbonyl (C=O) groups excluding carboxylic acids is 1. The summed E-state index contributed by atoms with van der Waals surface area (Å²) < 4.78 is 0. The molecule has 2 aliphatic rings. The number of likely N-dealkylation sites (N-methyl/N-ethyl adjacent to an activating group) is 1. The van der Waals surface area contributed by atoms with Gasteiger partial charge in [-0.1, -0.05) is 36.4 Å². The van der Waals surface area contributed by atoms with Crippen LogP contribution in [0.4, 0.5) is 5.00 Å². The number of hydrogen-bond acceptors (Lipinski definition) is 3. The maximum atomic E-state index is 12.5. The predicted molar refractivity (Wildman–Crippen MR) is 93.8 cm³/mol. The topological polar surface area (TPSA) is 45.6 Å². The lowest BCUT2D eigenvalue weighted by Crippen LogP contribution is -3.08. The number of quaternary nitrogens is 1. The van der Waals surface area contributed by atoms with E-state index in [0.717, 1.165) is 35.6 Å². The summed E-state index contributed by atoms with van der Waals surface area (Å²) in [5, 5.41) is 7.54. The molecule has 2 atom stereocenters. The third kappa shape index (κ3) is 2.78. The second kappa shape index (κ2) is 5.83. The molecule has 3 N–H and O–H groups in total.